The van der Waals surface area contributed by atoms with E-state index < -0.39 is 0 Å². The van der Waals surface area contributed by atoms with Gasteiger partial charge in [-0.1, -0.05) is 0 Å². The molecule has 0 atom stereocenters. The maximum atomic E-state index is 5.23. The van der Waals surface area contributed by atoms with E-state index in [1.54, 1.807) is 7.11 Å². The number of hydrogen-bond donors (Lipinski definition) is 1. The molecule has 0 aliphatic carbocycles. The predicted octanol–water partition coefficient (Wildman–Crippen LogP) is 3.29. The van der Waals surface area contributed by atoms with Crippen LogP contribution in [-0.2, 0) is 13.0 Å². The van der Waals surface area contributed by atoms with Crippen molar-refractivity contribution in [3.8, 4) is 11.4 Å². The maximum absolute atomic E-state index is 5.23. The van der Waals surface area contributed by atoms with E-state index in [0.717, 1.165) is 48.9 Å². The Labute approximate surface area is 154 Å². The summed E-state index contributed by atoms with van der Waals surface area (Å²) in [7, 11) is 3.82. The fraction of sp³-hybridized carbons (Fsp3) is 0.400. The number of aryl methyl sites for hydroxylation is 2. The van der Waals surface area contributed by atoms with Crippen molar-refractivity contribution in [1.29, 1.82) is 0 Å². The second kappa shape index (κ2) is 8.19. The largest absolute Gasteiger partial charge is 0.497 e. The SMILES string of the molecule is COc1ccc(-n2ccnc2CN(C)CCCc2c(C)n[nH]c2C)cc1. The molecule has 2 heterocycles. The highest BCUT2D eigenvalue weighted by Crippen LogP contribution is 2.17. The van der Waals surface area contributed by atoms with Crippen molar-refractivity contribution >= 4 is 0 Å². The fourth-order valence-corrected chi connectivity index (χ4v) is 3.22. The minimum absolute atomic E-state index is 0.808. The van der Waals surface area contributed by atoms with Crippen molar-refractivity contribution in [2.75, 3.05) is 20.7 Å². The van der Waals surface area contributed by atoms with E-state index in [0.29, 0.717) is 0 Å². The smallest absolute Gasteiger partial charge is 0.127 e. The molecule has 0 aliphatic rings. The summed E-state index contributed by atoms with van der Waals surface area (Å²) < 4.78 is 7.36. The van der Waals surface area contributed by atoms with E-state index in [2.05, 4.69) is 57.7 Å². The average Bonchev–Trinajstić information content (AvgIpc) is 3.23. The van der Waals surface area contributed by atoms with Crippen LogP contribution in [0.1, 0.15) is 29.2 Å². The lowest BCUT2D eigenvalue weighted by atomic mass is 10.1. The summed E-state index contributed by atoms with van der Waals surface area (Å²) in [6.07, 6.45) is 6.00. The van der Waals surface area contributed by atoms with Gasteiger partial charge in [-0.25, -0.2) is 4.98 Å². The number of ether oxygens (including phenoxy) is 1. The van der Waals surface area contributed by atoms with Crippen molar-refractivity contribution in [2.24, 2.45) is 0 Å². The minimum Gasteiger partial charge on any atom is -0.497 e. The van der Waals surface area contributed by atoms with Gasteiger partial charge in [-0.3, -0.25) is 10.00 Å². The van der Waals surface area contributed by atoms with Crippen LogP contribution < -0.4 is 4.74 Å². The first kappa shape index (κ1) is 18.2. The van der Waals surface area contributed by atoms with Gasteiger partial charge in [0.1, 0.15) is 11.6 Å². The van der Waals surface area contributed by atoms with Crippen molar-refractivity contribution in [3.63, 3.8) is 0 Å². The Bertz CT molecular complexity index is 815. The molecular formula is C20H27N5O. The number of methoxy groups -OCH3 is 1. The Hall–Kier alpha value is -2.60. The third-order valence-corrected chi connectivity index (χ3v) is 4.73. The summed E-state index contributed by atoms with van der Waals surface area (Å²) in [4.78, 5) is 6.85. The zero-order chi connectivity index (χ0) is 18.5. The van der Waals surface area contributed by atoms with Gasteiger partial charge < -0.3 is 9.30 Å². The van der Waals surface area contributed by atoms with E-state index in [1.807, 2.05) is 24.5 Å². The van der Waals surface area contributed by atoms with Crippen molar-refractivity contribution in [3.05, 3.63) is 59.4 Å². The Kier molecular flexibility index (Phi) is 5.73. The number of nitrogens with zero attached hydrogens (tertiary/aromatic N) is 4. The molecule has 0 fully saturated rings. The van der Waals surface area contributed by atoms with Gasteiger partial charge in [-0.2, -0.15) is 5.10 Å². The van der Waals surface area contributed by atoms with Crippen LogP contribution in [0.3, 0.4) is 0 Å². The molecule has 0 bridgehead atoms. The highest BCUT2D eigenvalue weighted by atomic mass is 16.5. The highest BCUT2D eigenvalue weighted by Gasteiger charge is 2.10. The molecule has 26 heavy (non-hydrogen) atoms. The molecule has 0 amide bonds. The summed E-state index contributed by atoms with van der Waals surface area (Å²) in [5.41, 5.74) is 4.73. The monoisotopic (exact) mass is 353 g/mol. The highest BCUT2D eigenvalue weighted by molar-refractivity contribution is 5.38. The van der Waals surface area contributed by atoms with Crippen LogP contribution >= 0.6 is 0 Å². The molecule has 1 aromatic carbocycles. The zero-order valence-corrected chi connectivity index (χ0v) is 16.0. The number of H-pyrrole nitrogens is 1. The second-order valence-electron chi connectivity index (χ2n) is 6.67. The summed E-state index contributed by atoms with van der Waals surface area (Å²) in [5, 5.41) is 7.33. The number of aromatic amines is 1. The molecule has 3 aromatic rings. The van der Waals surface area contributed by atoms with E-state index in [4.69, 9.17) is 4.74 Å². The molecule has 0 radical (unpaired) electrons. The molecule has 6 nitrogen and oxygen atoms in total. The molecule has 0 saturated heterocycles. The average molecular weight is 353 g/mol. The standard InChI is InChI=1S/C20H27N5O/c1-15-19(16(2)23-22-15)6-5-12-24(3)14-20-21-11-13-25(20)17-7-9-18(26-4)10-8-17/h7-11,13H,5-6,12,14H2,1-4H3,(H,22,23). The molecule has 6 heteroatoms. The second-order valence-corrected chi connectivity index (χ2v) is 6.67. The van der Waals surface area contributed by atoms with E-state index in [1.165, 1.54) is 11.3 Å². The third-order valence-electron chi connectivity index (χ3n) is 4.73. The fourth-order valence-electron chi connectivity index (χ4n) is 3.22. The van der Waals surface area contributed by atoms with Gasteiger partial charge in [-0.15, -0.1) is 0 Å². The molecular weight excluding hydrogens is 326 g/mol. The Morgan fingerprint density at radius 3 is 2.62 bits per heavy atom. The number of benzene rings is 1. The lowest BCUT2D eigenvalue weighted by Gasteiger charge is -2.17. The molecule has 2 aromatic heterocycles. The lowest BCUT2D eigenvalue weighted by molar-refractivity contribution is 0.312. The maximum Gasteiger partial charge on any atom is 0.127 e. The summed E-state index contributed by atoms with van der Waals surface area (Å²) in [6.45, 7) is 5.97. The van der Waals surface area contributed by atoms with Gasteiger partial charge in [0.15, 0.2) is 0 Å². The van der Waals surface area contributed by atoms with Crippen molar-refractivity contribution in [1.82, 2.24) is 24.6 Å². The topological polar surface area (TPSA) is 59.0 Å². The van der Waals surface area contributed by atoms with Crippen LogP contribution in [-0.4, -0.2) is 45.4 Å². The van der Waals surface area contributed by atoms with Gasteiger partial charge in [0.05, 0.1) is 19.3 Å². The predicted molar refractivity (Wildman–Crippen MR) is 103 cm³/mol. The van der Waals surface area contributed by atoms with Crippen molar-refractivity contribution in [2.45, 2.75) is 33.2 Å². The minimum atomic E-state index is 0.808. The molecule has 0 saturated carbocycles. The van der Waals surface area contributed by atoms with E-state index in [-0.39, 0.29) is 0 Å². The van der Waals surface area contributed by atoms with Gasteiger partial charge >= 0.3 is 0 Å². The summed E-state index contributed by atoms with van der Waals surface area (Å²) in [6, 6.07) is 8.04. The normalized spacial score (nSPS) is 11.3. The molecule has 0 spiro atoms. The molecule has 3 rings (SSSR count). The number of imidazole rings is 1. The number of aromatic nitrogens is 4. The van der Waals surface area contributed by atoms with Crippen LogP contribution in [0, 0.1) is 13.8 Å². The Balaban J connectivity index is 1.58. The van der Waals surface area contributed by atoms with E-state index in [9.17, 15) is 0 Å². The summed E-state index contributed by atoms with van der Waals surface area (Å²) in [5.74, 6) is 1.89. The van der Waals surface area contributed by atoms with Crippen LogP contribution in [0.5, 0.6) is 5.75 Å². The van der Waals surface area contributed by atoms with Crippen molar-refractivity contribution < 1.29 is 4.74 Å². The van der Waals surface area contributed by atoms with E-state index >= 15 is 0 Å². The summed E-state index contributed by atoms with van der Waals surface area (Å²) >= 11 is 0. The van der Waals surface area contributed by atoms with Gasteiger partial charge in [0.2, 0.25) is 0 Å². The number of hydrogen-bond acceptors (Lipinski definition) is 4. The zero-order valence-electron chi connectivity index (χ0n) is 16.0. The number of nitrogens with one attached hydrogen (secondary N) is 1. The Morgan fingerprint density at radius 1 is 1.19 bits per heavy atom. The van der Waals surface area contributed by atoms with Gasteiger partial charge in [0.25, 0.3) is 0 Å². The lowest BCUT2D eigenvalue weighted by Crippen LogP contribution is -2.22. The van der Waals surface area contributed by atoms with Crippen LogP contribution in [0.2, 0.25) is 0 Å². The first-order valence-electron chi connectivity index (χ1n) is 8.94. The molecule has 138 valence electrons. The first-order chi connectivity index (χ1) is 12.6. The van der Waals surface area contributed by atoms with Crippen LogP contribution in [0.4, 0.5) is 0 Å². The van der Waals surface area contributed by atoms with Crippen LogP contribution in [0.25, 0.3) is 5.69 Å². The number of rotatable bonds is 8. The Morgan fingerprint density at radius 2 is 1.96 bits per heavy atom. The van der Waals surface area contributed by atoms with Gasteiger partial charge in [0, 0.05) is 23.8 Å². The van der Waals surface area contributed by atoms with Crippen LogP contribution in [0.15, 0.2) is 36.7 Å². The quantitative estimate of drug-likeness (QED) is 0.675. The van der Waals surface area contributed by atoms with Gasteiger partial charge in [-0.05, 0) is 70.1 Å². The third kappa shape index (κ3) is 4.14. The molecule has 0 unspecified atom stereocenters. The first-order valence-corrected chi connectivity index (χ1v) is 8.94. The molecule has 0 aliphatic heterocycles. The molecule has 1 N–H and O–H groups in total.